The fourth-order valence-corrected chi connectivity index (χ4v) is 1.01. The minimum atomic E-state index is -0.381. The van der Waals surface area contributed by atoms with Gasteiger partial charge in [0.1, 0.15) is 5.69 Å². The summed E-state index contributed by atoms with van der Waals surface area (Å²) in [4.78, 5) is 11.0. The summed E-state index contributed by atoms with van der Waals surface area (Å²) in [6, 6.07) is 3.39. The average molecular weight is 169 g/mol. The summed E-state index contributed by atoms with van der Waals surface area (Å²) in [6.45, 7) is 0.427. The predicted octanol–water partition coefficient (Wildman–Crippen LogP) is 0.267. The van der Waals surface area contributed by atoms with Crippen LogP contribution in [0.5, 0.6) is 0 Å². The number of esters is 1. The fourth-order valence-electron chi connectivity index (χ4n) is 1.01. The van der Waals surface area contributed by atoms with Crippen molar-refractivity contribution >= 4 is 5.97 Å². The molecule has 0 aromatic carbocycles. The van der Waals surface area contributed by atoms with Crippen molar-refractivity contribution in [2.24, 2.45) is 0 Å². The van der Waals surface area contributed by atoms with Crippen LogP contribution < -0.4 is 0 Å². The van der Waals surface area contributed by atoms with E-state index in [0.29, 0.717) is 12.2 Å². The van der Waals surface area contributed by atoms with Gasteiger partial charge in [-0.3, -0.25) is 0 Å². The minimum absolute atomic E-state index is 0.0126. The molecular formula is C8H11NO3. The Balaban J connectivity index is 2.83. The smallest absolute Gasteiger partial charge is 0.354 e. The third-order valence-corrected chi connectivity index (χ3v) is 1.56. The third kappa shape index (κ3) is 1.65. The monoisotopic (exact) mass is 169 g/mol. The maximum Gasteiger partial charge on any atom is 0.354 e. The lowest BCUT2D eigenvalue weighted by molar-refractivity contribution is 0.0587. The van der Waals surface area contributed by atoms with Crippen molar-refractivity contribution in [3.8, 4) is 0 Å². The van der Waals surface area contributed by atoms with Crippen molar-refractivity contribution in [1.82, 2.24) is 4.57 Å². The summed E-state index contributed by atoms with van der Waals surface area (Å²) in [5.41, 5.74) is 0.464. The Morgan fingerprint density at radius 3 is 3.08 bits per heavy atom. The van der Waals surface area contributed by atoms with Crippen molar-refractivity contribution in [3.63, 3.8) is 0 Å². The first-order chi connectivity index (χ1) is 5.79. The molecule has 0 aliphatic heterocycles. The maximum absolute atomic E-state index is 11.0. The topological polar surface area (TPSA) is 51.5 Å². The van der Waals surface area contributed by atoms with Crippen LogP contribution in [0.15, 0.2) is 18.3 Å². The van der Waals surface area contributed by atoms with E-state index in [1.54, 1.807) is 22.9 Å². The van der Waals surface area contributed by atoms with Gasteiger partial charge in [0, 0.05) is 12.7 Å². The Labute approximate surface area is 70.4 Å². The molecule has 0 atom stereocenters. The van der Waals surface area contributed by atoms with Gasteiger partial charge in [0.2, 0.25) is 0 Å². The molecule has 66 valence electrons. The Hall–Kier alpha value is -1.29. The first-order valence-electron chi connectivity index (χ1n) is 3.64. The molecule has 4 heteroatoms. The zero-order valence-corrected chi connectivity index (χ0v) is 6.86. The molecular weight excluding hydrogens is 158 g/mol. The molecule has 0 bridgehead atoms. The highest BCUT2D eigenvalue weighted by Crippen LogP contribution is 2.03. The van der Waals surface area contributed by atoms with E-state index in [4.69, 9.17) is 5.11 Å². The number of rotatable bonds is 3. The van der Waals surface area contributed by atoms with E-state index < -0.39 is 0 Å². The van der Waals surface area contributed by atoms with E-state index in [1.807, 2.05) is 0 Å². The largest absolute Gasteiger partial charge is 0.464 e. The minimum Gasteiger partial charge on any atom is -0.464 e. The second-order valence-electron chi connectivity index (χ2n) is 2.30. The number of aliphatic hydroxyl groups excluding tert-OH is 1. The summed E-state index contributed by atoms with van der Waals surface area (Å²) in [7, 11) is 1.33. The number of ether oxygens (including phenoxy) is 1. The molecule has 4 nitrogen and oxygen atoms in total. The van der Waals surface area contributed by atoms with Crippen molar-refractivity contribution in [2.75, 3.05) is 13.7 Å². The van der Waals surface area contributed by atoms with E-state index in [0.717, 1.165) is 0 Å². The SMILES string of the molecule is COC(=O)c1cccn1CCO. The third-order valence-electron chi connectivity index (χ3n) is 1.56. The number of aromatic nitrogens is 1. The van der Waals surface area contributed by atoms with Gasteiger partial charge in [0.25, 0.3) is 0 Å². The van der Waals surface area contributed by atoms with Crippen molar-refractivity contribution < 1.29 is 14.6 Å². The molecule has 0 fully saturated rings. The van der Waals surface area contributed by atoms with Crippen LogP contribution in [0.2, 0.25) is 0 Å². The molecule has 1 aromatic heterocycles. The van der Waals surface area contributed by atoms with Crippen LogP contribution in [-0.2, 0) is 11.3 Å². The molecule has 0 amide bonds. The van der Waals surface area contributed by atoms with Gasteiger partial charge in [-0.2, -0.15) is 0 Å². The highest BCUT2D eigenvalue weighted by atomic mass is 16.5. The Morgan fingerprint density at radius 1 is 1.75 bits per heavy atom. The summed E-state index contributed by atoms with van der Waals surface area (Å²) in [6.07, 6.45) is 1.72. The molecule has 0 saturated heterocycles. The maximum atomic E-state index is 11.0. The number of carbonyl (C=O) groups is 1. The van der Waals surface area contributed by atoms with Crippen LogP contribution in [0.3, 0.4) is 0 Å². The average Bonchev–Trinajstić information content (AvgIpc) is 2.52. The molecule has 1 aromatic rings. The molecule has 12 heavy (non-hydrogen) atoms. The molecule has 0 saturated carbocycles. The molecule has 1 N–H and O–H groups in total. The predicted molar refractivity (Wildman–Crippen MR) is 42.9 cm³/mol. The van der Waals surface area contributed by atoms with E-state index in [2.05, 4.69) is 4.74 Å². The van der Waals surface area contributed by atoms with Crippen molar-refractivity contribution in [1.29, 1.82) is 0 Å². The van der Waals surface area contributed by atoms with Crippen molar-refractivity contribution in [2.45, 2.75) is 6.54 Å². The van der Waals surface area contributed by atoms with Gasteiger partial charge in [-0.25, -0.2) is 4.79 Å². The number of hydrogen-bond acceptors (Lipinski definition) is 3. The molecule has 0 unspecified atom stereocenters. The first-order valence-corrected chi connectivity index (χ1v) is 3.64. The van der Waals surface area contributed by atoms with E-state index >= 15 is 0 Å². The van der Waals surface area contributed by atoms with Crippen LogP contribution in [0.4, 0.5) is 0 Å². The highest BCUT2D eigenvalue weighted by molar-refractivity contribution is 5.87. The number of nitrogens with zero attached hydrogens (tertiary/aromatic N) is 1. The second kappa shape index (κ2) is 3.92. The summed E-state index contributed by atoms with van der Waals surface area (Å²) < 4.78 is 6.18. The summed E-state index contributed by atoms with van der Waals surface area (Å²) in [5, 5.41) is 8.64. The lowest BCUT2D eigenvalue weighted by atomic mass is 10.4. The molecule has 0 aliphatic carbocycles. The highest BCUT2D eigenvalue weighted by Gasteiger charge is 2.09. The summed E-state index contributed by atoms with van der Waals surface area (Å²) in [5.74, 6) is -0.381. The molecule has 1 rings (SSSR count). The molecule has 0 aliphatic rings. The lowest BCUT2D eigenvalue weighted by Crippen LogP contribution is -2.11. The fraction of sp³-hybridized carbons (Fsp3) is 0.375. The summed E-state index contributed by atoms with van der Waals surface area (Å²) >= 11 is 0. The van der Waals surface area contributed by atoms with Crippen LogP contribution >= 0.6 is 0 Å². The Kier molecular flexibility index (Phi) is 2.88. The molecule has 0 spiro atoms. The van der Waals surface area contributed by atoms with Crippen molar-refractivity contribution in [3.05, 3.63) is 24.0 Å². The molecule has 1 heterocycles. The normalized spacial score (nSPS) is 9.83. The van der Waals surface area contributed by atoms with Gasteiger partial charge in [-0.15, -0.1) is 0 Å². The Morgan fingerprint density at radius 2 is 2.50 bits per heavy atom. The van der Waals surface area contributed by atoms with Gasteiger partial charge in [-0.1, -0.05) is 0 Å². The quantitative estimate of drug-likeness (QED) is 0.660. The van der Waals surface area contributed by atoms with Gasteiger partial charge < -0.3 is 14.4 Å². The number of aliphatic hydroxyl groups is 1. The number of hydrogen-bond donors (Lipinski definition) is 1. The van der Waals surface area contributed by atoms with Crippen LogP contribution in [-0.4, -0.2) is 29.4 Å². The lowest BCUT2D eigenvalue weighted by Gasteiger charge is -2.04. The Bertz CT molecular complexity index is 267. The van der Waals surface area contributed by atoms with Crippen LogP contribution in [0, 0.1) is 0 Å². The van der Waals surface area contributed by atoms with Crippen LogP contribution in [0.25, 0.3) is 0 Å². The standard InChI is InChI=1S/C8H11NO3/c1-12-8(11)7-3-2-4-9(7)5-6-10/h2-4,10H,5-6H2,1H3. The second-order valence-corrected chi connectivity index (χ2v) is 2.30. The van der Waals surface area contributed by atoms with E-state index in [-0.39, 0.29) is 12.6 Å². The zero-order valence-electron chi connectivity index (χ0n) is 6.86. The van der Waals surface area contributed by atoms with Gasteiger partial charge in [0.05, 0.1) is 13.7 Å². The molecule has 0 radical (unpaired) electrons. The number of carbonyl (C=O) groups excluding carboxylic acids is 1. The number of methoxy groups -OCH3 is 1. The van der Waals surface area contributed by atoms with Gasteiger partial charge in [0.15, 0.2) is 0 Å². The van der Waals surface area contributed by atoms with Crippen LogP contribution in [0.1, 0.15) is 10.5 Å². The van der Waals surface area contributed by atoms with Gasteiger partial charge in [-0.05, 0) is 12.1 Å². The van der Waals surface area contributed by atoms with E-state index in [1.165, 1.54) is 7.11 Å². The first kappa shape index (κ1) is 8.80. The van der Waals surface area contributed by atoms with Gasteiger partial charge >= 0.3 is 5.97 Å². The zero-order chi connectivity index (χ0) is 8.97. The van der Waals surface area contributed by atoms with E-state index in [9.17, 15) is 4.79 Å².